The number of ether oxygens (including phenoxy) is 1. The quantitative estimate of drug-likeness (QED) is 0.666. The summed E-state index contributed by atoms with van der Waals surface area (Å²) in [7, 11) is 1.60. The predicted molar refractivity (Wildman–Crippen MR) is 84.4 cm³/mol. The highest BCUT2D eigenvalue weighted by Gasteiger charge is 2.11. The van der Waals surface area contributed by atoms with E-state index >= 15 is 0 Å². The van der Waals surface area contributed by atoms with Crippen molar-refractivity contribution < 1.29 is 9.84 Å². The van der Waals surface area contributed by atoms with Crippen molar-refractivity contribution in [1.29, 1.82) is 0 Å². The third-order valence-electron chi connectivity index (χ3n) is 3.53. The van der Waals surface area contributed by atoms with Crippen molar-refractivity contribution in [2.45, 2.75) is 13.2 Å². The van der Waals surface area contributed by atoms with Crippen LogP contribution in [0.3, 0.4) is 0 Å². The average molecular weight is 299 g/mol. The molecule has 0 saturated carbocycles. The average Bonchev–Trinajstić information content (AvgIpc) is 2.90. The van der Waals surface area contributed by atoms with Crippen LogP contribution in [0.15, 0.2) is 30.5 Å². The largest absolute Gasteiger partial charge is 0.496 e. The maximum Gasteiger partial charge on any atom is 0.222 e. The molecule has 0 aliphatic heterocycles. The minimum atomic E-state index is -0.0246. The summed E-state index contributed by atoms with van der Waals surface area (Å²) in [5, 5.41) is 9.20. The Balaban J connectivity index is 2.04. The standard InChI is InChI=1S/C15H17N5O2/c1-22-12-6-9(8-21)2-3-10(12)7-20-5-4-11-13(20)14(16)19-15(17)18-11/h2-6,21H,7-8H2,1H3,(H4,16,17,18,19). The van der Waals surface area contributed by atoms with Gasteiger partial charge in [0.1, 0.15) is 11.3 Å². The fourth-order valence-corrected chi connectivity index (χ4v) is 2.49. The normalized spacial score (nSPS) is 11.0. The number of aliphatic hydroxyl groups excluding tert-OH is 1. The van der Waals surface area contributed by atoms with Gasteiger partial charge in [0.05, 0.1) is 25.8 Å². The Morgan fingerprint density at radius 3 is 2.77 bits per heavy atom. The first-order chi connectivity index (χ1) is 10.6. The molecule has 22 heavy (non-hydrogen) atoms. The van der Waals surface area contributed by atoms with Gasteiger partial charge in [0, 0.05) is 11.8 Å². The Hall–Kier alpha value is -2.80. The number of nitrogens with zero attached hydrogens (tertiary/aromatic N) is 3. The van der Waals surface area contributed by atoms with Crippen LogP contribution >= 0.6 is 0 Å². The smallest absolute Gasteiger partial charge is 0.222 e. The minimum absolute atomic E-state index is 0.0246. The van der Waals surface area contributed by atoms with Gasteiger partial charge in [0.2, 0.25) is 5.95 Å². The van der Waals surface area contributed by atoms with Crippen LogP contribution in [0, 0.1) is 0 Å². The van der Waals surface area contributed by atoms with Crippen molar-refractivity contribution in [3.8, 4) is 5.75 Å². The number of rotatable bonds is 4. The van der Waals surface area contributed by atoms with Crippen LogP contribution in [0.2, 0.25) is 0 Å². The van der Waals surface area contributed by atoms with E-state index in [1.54, 1.807) is 7.11 Å². The van der Waals surface area contributed by atoms with E-state index in [-0.39, 0.29) is 12.6 Å². The molecule has 0 amide bonds. The Labute approximate surface area is 127 Å². The van der Waals surface area contributed by atoms with E-state index in [9.17, 15) is 5.11 Å². The summed E-state index contributed by atoms with van der Waals surface area (Å²) in [5.74, 6) is 1.22. The van der Waals surface area contributed by atoms with Crippen LogP contribution in [0.5, 0.6) is 5.75 Å². The number of nitrogens with two attached hydrogens (primary N) is 2. The number of hydrogen-bond acceptors (Lipinski definition) is 6. The lowest BCUT2D eigenvalue weighted by molar-refractivity contribution is 0.281. The number of aliphatic hydroxyl groups is 1. The van der Waals surface area contributed by atoms with Crippen molar-refractivity contribution in [2.75, 3.05) is 18.6 Å². The van der Waals surface area contributed by atoms with Gasteiger partial charge in [-0.25, -0.2) is 4.98 Å². The monoisotopic (exact) mass is 299 g/mol. The topological polar surface area (TPSA) is 112 Å². The van der Waals surface area contributed by atoms with E-state index in [0.29, 0.717) is 23.6 Å². The zero-order valence-electron chi connectivity index (χ0n) is 12.2. The van der Waals surface area contributed by atoms with Crippen molar-refractivity contribution in [2.24, 2.45) is 0 Å². The lowest BCUT2D eigenvalue weighted by Gasteiger charge is -2.12. The van der Waals surface area contributed by atoms with Gasteiger partial charge in [-0.15, -0.1) is 0 Å². The second-order valence-corrected chi connectivity index (χ2v) is 4.95. The maximum atomic E-state index is 9.20. The molecule has 0 unspecified atom stereocenters. The highest BCUT2D eigenvalue weighted by molar-refractivity contribution is 5.86. The van der Waals surface area contributed by atoms with E-state index in [4.69, 9.17) is 16.2 Å². The van der Waals surface area contributed by atoms with Gasteiger partial charge in [-0.1, -0.05) is 12.1 Å². The molecule has 0 spiro atoms. The van der Waals surface area contributed by atoms with Crippen LogP contribution in [0.4, 0.5) is 11.8 Å². The van der Waals surface area contributed by atoms with Crippen molar-refractivity contribution in [3.05, 3.63) is 41.6 Å². The molecule has 0 aliphatic carbocycles. The van der Waals surface area contributed by atoms with Gasteiger partial charge < -0.3 is 25.9 Å². The molecule has 0 fully saturated rings. The number of methoxy groups -OCH3 is 1. The molecule has 3 rings (SSSR count). The van der Waals surface area contributed by atoms with Gasteiger partial charge in [0.25, 0.3) is 0 Å². The Bertz CT molecular complexity index is 828. The van der Waals surface area contributed by atoms with E-state index in [0.717, 1.165) is 16.6 Å². The van der Waals surface area contributed by atoms with Gasteiger partial charge in [0.15, 0.2) is 5.82 Å². The SMILES string of the molecule is COc1cc(CO)ccc1Cn1ccc2nc(N)nc(N)c21. The molecule has 0 saturated heterocycles. The summed E-state index contributed by atoms with van der Waals surface area (Å²) >= 11 is 0. The molecule has 0 radical (unpaired) electrons. The summed E-state index contributed by atoms with van der Waals surface area (Å²) in [6.07, 6.45) is 1.88. The summed E-state index contributed by atoms with van der Waals surface area (Å²) in [6.45, 7) is 0.527. The number of nitrogen functional groups attached to an aromatic ring is 2. The molecular formula is C15H17N5O2. The molecule has 1 aromatic carbocycles. The van der Waals surface area contributed by atoms with Crippen LogP contribution in [-0.4, -0.2) is 26.8 Å². The van der Waals surface area contributed by atoms with Crippen LogP contribution in [0.1, 0.15) is 11.1 Å². The van der Waals surface area contributed by atoms with Crippen molar-refractivity contribution in [1.82, 2.24) is 14.5 Å². The van der Waals surface area contributed by atoms with Crippen molar-refractivity contribution >= 4 is 22.8 Å². The fourth-order valence-electron chi connectivity index (χ4n) is 2.49. The van der Waals surface area contributed by atoms with Gasteiger partial charge in [-0.05, 0) is 17.7 Å². The Morgan fingerprint density at radius 1 is 1.23 bits per heavy atom. The summed E-state index contributed by atoms with van der Waals surface area (Å²) < 4.78 is 7.34. The van der Waals surface area contributed by atoms with Crippen LogP contribution < -0.4 is 16.2 Å². The van der Waals surface area contributed by atoms with Gasteiger partial charge >= 0.3 is 0 Å². The molecule has 114 valence electrons. The third-order valence-corrected chi connectivity index (χ3v) is 3.53. The first-order valence-corrected chi connectivity index (χ1v) is 6.77. The van der Waals surface area contributed by atoms with E-state index in [1.165, 1.54) is 0 Å². The van der Waals surface area contributed by atoms with E-state index < -0.39 is 0 Å². The third kappa shape index (κ3) is 2.42. The molecule has 0 aliphatic rings. The zero-order chi connectivity index (χ0) is 15.7. The lowest BCUT2D eigenvalue weighted by atomic mass is 10.1. The number of anilines is 2. The molecule has 7 nitrogen and oxygen atoms in total. The number of fused-ring (bicyclic) bond motifs is 1. The lowest BCUT2D eigenvalue weighted by Crippen LogP contribution is -2.05. The van der Waals surface area contributed by atoms with E-state index in [1.807, 2.05) is 35.0 Å². The molecule has 2 aromatic heterocycles. The first-order valence-electron chi connectivity index (χ1n) is 6.77. The van der Waals surface area contributed by atoms with E-state index in [2.05, 4.69) is 9.97 Å². The maximum absolute atomic E-state index is 9.20. The molecule has 0 atom stereocenters. The summed E-state index contributed by atoms with van der Waals surface area (Å²) in [6, 6.07) is 7.45. The minimum Gasteiger partial charge on any atom is -0.496 e. The summed E-state index contributed by atoms with van der Waals surface area (Å²) in [5.41, 5.74) is 14.8. The predicted octanol–water partition coefficient (Wildman–Crippen LogP) is 1.14. The number of hydrogen-bond donors (Lipinski definition) is 3. The number of aromatic nitrogens is 3. The molecular weight excluding hydrogens is 282 g/mol. The summed E-state index contributed by atoms with van der Waals surface area (Å²) in [4.78, 5) is 8.18. The van der Waals surface area contributed by atoms with Gasteiger partial charge in [-0.3, -0.25) is 0 Å². The fraction of sp³-hybridized carbons (Fsp3) is 0.200. The second kappa shape index (κ2) is 5.53. The molecule has 3 aromatic rings. The van der Waals surface area contributed by atoms with Crippen LogP contribution in [0.25, 0.3) is 11.0 Å². The highest BCUT2D eigenvalue weighted by atomic mass is 16.5. The van der Waals surface area contributed by atoms with Gasteiger partial charge in [-0.2, -0.15) is 4.98 Å². The highest BCUT2D eigenvalue weighted by Crippen LogP contribution is 2.25. The van der Waals surface area contributed by atoms with Crippen LogP contribution in [-0.2, 0) is 13.2 Å². The van der Waals surface area contributed by atoms with Crippen molar-refractivity contribution in [3.63, 3.8) is 0 Å². The molecule has 0 bridgehead atoms. The Kier molecular flexibility index (Phi) is 3.56. The zero-order valence-corrected chi connectivity index (χ0v) is 12.2. The number of benzene rings is 1. The molecule has 5 N–H and O–H groups in total. The molecule has 2 heterocycles. The second-order valence-electron chi connectivity index (χ2n) is 4.95. The Morgan fingerprint density at radius 2 is 2.05 bits per heavy atom. The molecule has 7 heteroatoms. The first kappa shape index (κ1) is 14.2.